The Bertz CT molecular complexity index is 408. The van der Waals surface area contributed by atoms with E-state index >= 15 is 0 Å². The van der Waals surface area contributed by atoms with Gasteiger partial charge in [-0.25, -0.2) is 9.37 Å². The van der Waals surface area contributed by atoms with Gasteiger partial charge in [0, 0.05) is 10.9 Å². The van der Waals surface area contributed by atoms with Crippen LogP contribution in [0.3, 0.4) is 0 Å². The van der Waals surface area contributed by atoms with Crippen LogP contribution < -0.4 is 4.74 Å². The molecule has 88 valence electrons. The number of halogens is 5. The Kier molecular flexibility index (Phi) is 3.84. The van der Waals surface area contributed by atoms with Crippen LogP contribution in [-0.4, -0.2) is 17.6 Å². The quantitative estimate of drug-likeness (QED) is 0.489. The summed E-state index contributed by atoms with van der Waals surface area (Å²) in [5.41, 5.74) is -0.871. The standard InChI is InChI=1S/C8H4BrF4NO2/c9-2-4-1-5(10)6(3-15)14-7(4)16-8(11,12)13/h1,3H,2H2. The molecule has 1 aromatic heterocycles. The summed E-state index contributed by atoms with van der Waals surface area (Å²) in [7, 11) is 0. The van der Waals surface area contributed by atoms with Crippen molar-refractivity contribution in [2.24, 2.45) is 0 Å². The van der Waals surface area contributed by atoms with Crippen LogP contribution in [0.5, 0.6) is 5.88 Å². The molecule has 3 nitrogen and oxygen atoms in total. The van der Waals surface area contributed by atoms with E-state index in [1.165, 1.54) is 0 Å². The van der Waals surface area contributed by atoms with E-state index in [2.05, 4.69) is 25.7 Å². The fourth-order valence-electron chi connectivity index (χ4n) is 0.900. The molecule has 0 saturated heterocycles. The first-order valence-corrected chi connectivity index (χ1v) is 4.96. The number of ether oxygens (including phenoxy) is 1. The molecule has 8 heteroatoms. The molecular weight excluding hydrogens is 298 g/mol. The fraction of sp³-hybridized carbons (Fsp3) is 0.250. The summed E-state index contributed by atoms with van der Waals surface area (Å²) in [5, 5.41) is -0.0819. The molecule has 0 bridgehead atoms. The minimum Gasteiger partial charge on any atom is -0.388 e. The van der Waals surface area contributed by atoms with E-state index in [0.717, 1.165) is 6.07 Å². The maximum atomic E-state index is 13.0. The molecule has 0 unspecified atom stereocenters. The van der Waals surface area contributed by atoms with Gasteiger partial charge in [0.2, 0.25) is 5.88 Å². The third-order valence-electron chi connectivity index (χ3n) is 1.51. The zero-order valence-electron chi connectivity index (χ0n) is 7.52. The number of pyridine rings is 1. The molecule has 0 fully saturated rings. The monoisotopic (exact) mass is 301 g/mol. The van der Waals surface area contributed by atoms with Gasteiger partial charge in [0.1, 0.15) is 5.69 Å². The van der Waals surface area contributed by atoms with Gasteiger partial charge in [-0.3, -0.25) is 4.79 Å². The van der Waals surface area contributed by atoms with Crippen LogP contribution in [0.4, 0.5) is 17.6 Å². The number of alkyl halides is 4. The van der Waals surface area contributed by atoms with Gasteiger partial charge in [-0.05, 0) is 6.07 Å². The molecule has 0 N–H and O–H groups in total. The maximum absolute atomic E-state index is 13.0. The van der Waals surface area contributed by atoms with Gasteiger partial charge in [-0.15, -0.1) is 13.2 Å². The van der Waals surface area contributed by atoms with Crippen LogP contribution in [0.1, 0.15) is 16.1 Å². The van der Waals surface area contributed by atoms with Crippen molar-refractivity contribution in [3.8, 4) is 5.88 Å². The predicted octanol–water partition coefficient (Wildman–Crippen LogP) is 2.83. The van der Waals surface area contributed by atoms with E-state index in [0.29, 0.717) is 0 Å². The maximum Gasteiger partial charge on any atom is 0.574 e. The van der Waals surface area contributed by atoms with Crippen LogP contribution in [0.2, 0.25) is 0 Å². The van der Waals surface area contributed by atoms with Crippen molar-refractivity contribution in [3.05, 3.63) is 23.1 Å². The zero-order valence-corrected chi connectivity index (χ0v) is 9.10. The Hall–Kier alpha value is -1.18. The van der Waals surface area contributed by atoms with Crippen molar-refractivity contribution in [2.45, 2.75) is 11.7 Å². The summed E-state index contributed by atoms with van der Waals surface area (Å²) in [6.45, 7) is 0. The molecule has 0 aromatic carbocycles. The van der Waals surface area contributed by atoms with E-state index in [-0.39, 0.29) is 17.2 Å². The lowest BCUT2D eigenvalue weighted by atomic mass is 10.2. The number of carbonyl (C=O) groups excluding carboxylic acids is 1. The van der Waals surface area contributed by atoms with Crippen molar-refractivity contribution < 1.29 is 27.1 Å². The molecule has 1 heterocycles. The molecule has 0 saturated carbocycles. The Morgan fingerprint density at radius 3 is 2.56 bits per heavy atom. The highest BCUT2D eigenvalue weighted by atomic mass is 79.9. The Labute approximate surface area is 95.6 Å². The summed E-state index contributed by atoms with van der Waals surface area (Å²) in [6, 6.07) is 0.757. The zero-order chi connectivity index (χ0) is 12.3. The number of aldehydes is 1. The van der Waals surface area contributed by atoms with E-state index in [1.807, 2.05) is 0 Å². The summed E-state index contributed by atoms with van der Waals surface area (Å²) in [4.78, 5) is 13.4. The smallest absolute Gasteiger partial charge is 0.388 e. The number of nitrogens with zero attached hydrogens (tertiary/aromatic N) is 1. The summed E-state index contributed by atoms with van der Waals surface area (Å²) in [5.74, 6) is -1.84. The summed E-state index contributed by atoms with van der Waals surface area (Å²) < 4.78 is 52.4. The van der Waals surface area contributed by atoms with Gasteiger partial charge in [0.05, 0.1) is 0 Å². The van der Waals surface area contributed by atoms with E-state index in [4.69, 9.17) is 0 Å². The minimum atomic E-state index is -4.94. The molecular formula is C8H4BrF4NO2. The molecule has 0 aliphatic heterocycles. The average molecular weight is 302 g/mol. The van der Waals surface area contributed by atoms with Gasteiger partial charge >= 0.3 is 6.36 Å². The van der Waals surface area contributed by atoms with Crippen LogP contribution in [0, 0.1) is 5.82 Å². The lowest BCUT2D eigenvalue weighted by Gasteiger charge is -2.11. The summed E-state index contributed by atoms with van der Waals surface area (Å²) in [6.07, 6.45) is -4.93. The molecule has 0 aliphatic rings. The second-order valence-electron chi connectivity index (χ2n) is 2.62. The molecule has 0 atom stereocenters. The van der Waals surface area contributed by atoms with Crippen LogP contribution >= 0.6 is 15.9 Å². The van der Waals surface area contributed by atoms with Gasteiger partial charge in [0.25, 0.3) is 0 Å². The predicted molar refractivity (Wildman–Crippen MR) is 48.9 cm³/mol. The largest absolute Gasteiger partial charge is 0.574 e. The number of aromatic nitrogens is 1. The molecule has 16 heavy (non-hydrogen) atoms. The first kappa shape index (κ1) is 12.9. The second kappa shape index (κ2) is 4.77. The van der Waals surface area contributed by atoms with Crippen molar-refractivity contribution in [2.75, 3.05) is 0 Å². The molecule has 1 rings (SSSR count). The summed E-state index contributed by atoms with van der Waals surface area (Å²) >= 11 is 2.85. The molecule has 0 radical (unpaired) electrons. The van der Waals surface area contributed by atoms with Crippen molar-refractivity contribution in [1.82, 2.24) is 4.98 Å². The van der Waals surface area contributed by atoms with Gasteiger partial charge in [-0.2, -0.15) is 0 Å². The first-order valence-electron chi connectivity index (χ1n) is 3.83. The second-order valence-corrected chi connectivity index (χ2v) is 3.18. The lowest BCUT2D eigenvalue weighted by molar-refractivity contribution is -0.276. The fourth-order valence-corrected chi connectivity index (χ4v) is 1.30. The van der Waals surface area contributed by atoms with Gasteiger partial charge in [0.15, 0.2) is 12.1 Å². The Morgan fingerprint density at radius 1 is 1.50 bits per heavy atom. The molecule has 0 spiro atoms. The third-order valence-corrected chi connectivity index (χ3v) is 2.11. The number of carbonyl (C=O) groups is 1. The highest BCUT2D eigenvalue weighted by Gasteiger charge is 2.33. The highest BCUT2D eigenvalue weighted by molar-refractivity contribution is 9.08. The highest BCUT2D eigenvalue weighted by Crippen LogP contribution is 2.27. The lowest BCUT2D eigenvalue weighted by Crippen LogP contribution is -2.19. The number of rotatable bonds is 3. The number of hydrogen-bond acceptors (Lipinski definition) is 3. The van der Waals surface area contributed by atoms with Crippen molar-refractivity contribution in [1.29, 1.82) is 0 Å². The Morgan fingerprint density at radius 2 is 2.12 bits per heavy atom. The van der Waals surface area contributed by atoms with Crippen LogP contribution in [0.15, 0.2) is 6.07 Å². The topological polar surface area (TPSA) is 39.2 Å². The van der Waals surface area contributed by atoms with E-state index in [1.54, 1.807) is 0 Å². The van der Waals surface area contributed by atoms with Crippen LogP contribution in [-0.2, 0) is 5.33 Å². The normalized spacial score (nSPS) is 11.3. The SMILES string of the molecule is O=Cc1nc(OC(F)(F)F)c(CBr)cc1F. The molecule has 0 aliphatic carbocycles. The average Bonchev–Trinajstić information content (AvgIpc) is 2.18. The number of hydrogen-bond donors (Lipinski definition) is 0. The molecule has 0 amide bonds. The van der Waals surface area contributed by atoms with E-state index in [9.17, 15) is 22.4 Å². The molecule has 1 aromatic rings. The van der Waals surface area contributed by atoms with Gasteiger partial charge in [-0.1, -0.05) is 15.9 Å². The first-order chi connectivity index (χ1) is 7.37. The third kappa shape index (κ3) is 3.16. The Balaban J connectivity index is 3.20. The van der Waals surface area contributed by atoms with E-state index < -0.39 is 23.8 Å². The van der Waals surface area contributed by atoms with Gasteiger partial charge < -0.3 is 4.74 Å². The van der Waals surface area contributed by atoms with Crippen molar-refractivity contribution >= 4 is 22.2 Å². The van der Waals surface area contributed by atoms with Crippen LogP contribution in [0.25, 0.3) is 0 Å². The van der Waals surface area contributed by atoms with Crippen molar-refractivity contribution in [3.63, 3.8) is 0 Å². The minimum absolute atomic E-state index is 0.0105.